The first-order chi connectivity index (χ1) is 12.8. The molecule has 29 heavy (non-hydrogen) atoms. The molecule has 1 heterocycles. The lowest BCUT2D eigenvalue weighted by Crippen LogP contribution is -2.40. The molecule has 168 valence electrons. The highest BCUT2D eigenvalue weighted by Gasteiger charge is 2.70. The minimum Gasteiger partial charge on any atom is -0.367 e. The number of nitrogens with two attached hydrogens (primary N) is 1. The molecule has 2 unspecified atom stereocenters. The Kier molecular flexibility index (Phi) is 7.98. The van der Waals surface area contributed by atoms with Crippen LogP contribution in [0.1, 0.15) is 12.0 Å². The molecule has 10 N–H and O–H groups in total. The molecule has 1 aromatic heterocycles. The van der Waals surface area contributed by atoms with Crippen molar-refractivity contribution in [2.24, 2.45) is 5.73 Å². The van der Waals surface area contributed by atoms with Gasteiger partial charge in [-0.25, -0.2) is 0 Å². The van der Waals surface area contributed by atoms with Crippen molar-refractivity contribution in [3.8, 4) is 0 Å². The first kappa shape index (κ1) is 26.7. The molecular formula is C10H20N2O13P4. The van der Waals surface area contributed by atoms with Gasteiger partial charge in [-0.2, -0.15) is 0 Å². The van der Waals surface area contributed by atoms with Crippen LogP contribution < -0.4 is 5.73 Å². The number of hydrogen-bond donors (Lipinski definition) is 9. The third kappa shape index (κ3) is 5.30. The summed E-state index contributed by atoms with van der Waals surface area (Å²) in [4.78, 5) is 70.4. The third-order valence-electron chi connectivity index (χ3n) is 3.73. The summed E-state index contributed by atoms with van der Waals surface area (Å²) < 4.78 is 52.4. The van der Waals surface area contributed by atoms with Crippen LogP contribution in [0, 0.1) is 0 Å². The van der Waals surface area contributed by atoms with Gasteiger partial charge in [-0.3, -0.25) is 27.8 Å². The molecule has 0 aliphatic heterocycles. The number of aromatic nitrogens is 1. The van der Waals surface area contributed by atoms with E-state index in [9.17, 15) is 57.6 Å². The molecule has 19 heteroatoms. The molecule has 1 aromatic rings. The maximum Gasteiger partial charge on any atom is 0.374 e. The molecule has 0 aliphatic rings. The fourth-order valence-electron chi connectivity index (χ4n) is 2.22. The Morgan fingerprint density at radius 2 is 1.48 bits per heavy atom. The van der Waals surface area contributed by atoms with Gasteiger partial charge in [0, 0.05) is 25.2 Å². The molecule has 0 aromatic carbocycles. The second-order valence-electron chi connectivity index (χ2n) is 5.84. The van der Waals surface area contributed by atoms with Gasteiger partial charge < -0.3 is 45.1 Å². The first-order valence-corrected chi connectivity index (χ1v) is 13.8. The number of nitrogens with zero attached hydrogens (tertiary/aromatic N) is 1. The SMILES string of the molecule is NCCC(OP(=O)(O)C(O)(Cc1cccnc1)P(=O)(O)O)(P(=O)(O)O)P(=O)(O)O. The topological polar surface area (TPSA) is 278 Å². The highest BCUT2D eigenvalue weighted by Crippen LogP contribution is 2.80. The minimum absolute atomic E-state index is 0.215. The van der Waals surface area contributed by atoms with Gasteiger partial charge in [0.2, 0.25) is 0 Å². The summed E-state index contributed by atoms with van der Waals surface area (Å²) in [6.07, 6.45) is -0.543. The van der Waals surface area contributed by atoms with E-state index >= 15 is 0 Å². The lowest BCUT2D eigenvalue weighted by molar-refractivity contribution is 0.0794. The van der Waals surface area contributed by atoms with E-state index in [1.807, 2.05) is 0 Å². The first-order valence-electron chi connectivity index (χ1n) is 7.36. The summed E-state index contributed by atoms with van der Waals surface area (Å²) in [5.74, 6) is 0. The Morgan fingerprint density at radius 3 is 1.83 bits per heavy atom. The lowest BCUT2D eigenvalue weighted by Gasteiger charge is -2.39. The monoisotopic (exact) mass is 500 g/mol. The van der Waals surface area contributed by atoms with Crippen molar-refractivity contribution in [3.63, 3.8) is 0 Å². The minimum atomic E-state index is -6.32. The number of hydrogen-bond acceptors (Lipinski definition) is 8. The van der Waals surface area contributed by atoms with Crippen LogP contribution in [-0.4, -0.2) is 61.1 Å². The van der Waals surface area contributed by atoms with Gasteiger partial charge in [-0.1, -0.05) is 6.07 Å². The number of aliphatic hydroxyl groups is 1. The quantitative estimate of drug-likeness (QED) is 0.174. The summed E-state index contributed by atoms with van der Waals surface area (Å²) in [5.41, 5.74) is 4.87. The van der Waals surface area contributed by atoms with Gasteiger partial charge in [-0.05, 0) is 18.2 Å². The Morgan fingerprint density at radius 1 is 0.966 bits per heavy atom. The fraction of sp³-hybridized carbons (Fsp3) is 0.500. The molecule has 0 spiro atoms. The highest BCUT2D eigenvalue weighted by molar-refractivity contribution is 7.75. The lowest BCUT2D eigenvalue weighted by atomic mass is 10.2. The normalized spacial score (nSPS) is 18.1. The van der Waals surface area contributed by atoms with Crippen LogP contribution in [-0.2, 0) is 29.2 Å². The van der Waals surface area contributed by atoms with Gasteiger partial charge in [0.1, 0.15) is 0 Å². The maximum atomic E-state index is 12.7. The van der Waals surface area contributed by atoms with Gasteiger partial charge in [0.05, 0.1) is 0 Å². The summed E-state index contributed by atoms with van der Waals surface area (Å²) in [7, 11) is -24.6. The van der Waals surface area contributed by atoms with Crippen LogP contribution in [0.3, 0.4) is 0 Å². The van der Waals surface area contributed by atoms with Crippen LogP contribution in [0.4, 0.5) is 0 Å². The van der Waals surface area contributed by atoms with Gasteiger partial charge in [0.25, 0.3) is 10.2 Å². The Hall–Kier alpha value is -0.330. The Labute approximate surface area is 163 Å². The van der Waals surface area contributed by atoms with Crippen molar-refractivity contribution in [1.29, 1.82) is 0 Å². The maximum absolute atomic E-state index is 12.7. The molecule has 15 nitrogen and oxygen atoms in total. The van der Waals surface area contributed by atoms with E-state index in [-0.39, 0.29) is 5.56 Å². The van der Waals surface area contributed by atoms with Crippen molar-refractivity contribution in [1.82, 2.24) is 4.98 Å². The standard InChI is InChI=1S/C10H20N2O13P4/c11-4-3-10(27(17,18)19,28(20,21)22)25-29(23,24)9(13,26(14,15)16)6-8-2-1-5-12-7-8/h1-2,5,7,13H,3-4,6,11H2,(H,23,24)(H2,14,15,16)(H2,17,18,19)(H2,20,21,22). The predicted octanol–water partition coefficient (Wildman–Crippen LogP) is -0.992. The molecule has 0 radical (unpaired) electrons. The van der Waals surface area contributed by atoms with Gasteiger partial charge >= 0.3 is 30.4 Å². The van der Waals surface area contributed by atoms with Crippen LogP contribution in [0.15, 0.2) is 24.5 Å². The highest BCUT2D eigenvalue weighted by atomic mass is 31.3. The van der Waals surface area contributed by atoms with Crippen molar-refractivity contribution < 1.29 is 62.1 Å². The van der Waals surface area contributed by atoms with Crippen LogP contribution >= 0.6 is 30.4 Å². The van der Waals surface area contributed by atoms with Crippen molar-refractivity contribution in [2.45, 2.75) is 23.0 Å². The van der Waals surface area contributed by atoms with Crippen LogP contribution in [0.5, 0.6) is 0 Å². The summed E-state index contributed by atoms with van der Waals surface area (Å²) >= 11 is 0. The third-order valence-corrected chi connectivity index (χ3v) is 12.3. The summed E-state index contributed by atoms with van der Waals surface area (Å²) in [6, 6.07) is 2.37. The molecule has 0 saturated heterocycles. The molecule has 2 atom stereocenters. The molecule has 0 saturated carbocycles. The average Bonchev–Trinajstić information content (AvgIpc) is 2.51. The number of rotatable bonds is 10. The van der Waals surface area contributed by atoms with E-state index in [1.54, 1.807) is 0 Å². The smallest absolute Gasteiger partial charge is 0.367 e. The van der Waals surface area contributed by atoms with E-state index in [2.05, 4.69) is 9.51 Å². The average molecular weight is 500 g/mol. The summed E-state index contributed by atoms with van der Waals surface area (Å²) in [5, 5.41) is 2.35. The van der Waals surface area contributed by atoms with E-state index < -0.39 is 59.9 Å². The molecule has 1 rings (SSSR count). The predicted molar refractivity (Wildman–Crippen MR) is 96.3 cm³/mol. The Bertz CT molecular complexity index is 885. The molecule has 0 fully saturated rings. The molecule has 0 amide bonds. The van der Waals surface area contributed by atoms with E-state index in [0.717, 1.165) is 12.3 Å². The zero-order valence-corrected chi connectivity index (χ0v) is 17.9. The molecule has 0 bridgehead atoms. The second kappa shape index (κ2) is 8.66. The number of pyridine rings is 1. The van der Waals surface area contributed by atoms with Gasteiger partial charge in [-0.15, -0.1) is 0 Å². The van der Waals surface area contributed by atoms with E-state index in [4.69, 9.17) is 5.73 Å². The van der Waals surface area contributed by atoms with Crippen LogP contribution in [0.25, 0.3) is 0 Å². The zero-order chi connectivity index (χ0) is 22.9. The largest absolute Gasteiger partial charge is 0.374 e. The second-order valence-corrected chi connectivity index (χ2v) is 14.0. The molecule has 0 aliphatic carbocycles. The molecular weight excluding hydrogens is 480 g/mol. The van der Waals surface area contributed by atoms with Gasteiger partial charge in [0.15, 0.2) is 0 Å². The Balaban J connectivity index is 3.68. The van der Waals surface area contributed by atoms with Crippen LogP contribution in [0.2, 0.25) is 0 Å². The van der Waals surface area contributed by atoms with Crippen molar-refractivity contribution in [3.05, 3.63) is 30.1 Å². The van der Waals surface area contributed by atoms with E-state index in [1.165, 1.54) is 12.3 Å². The zero-order valence-electron chi connectivity index (χ0n) is 14.4. The van der Waals surface area contributed by atoms with Crippen molar-refractivity contribution >= 4 is 30.4 Å². The van der Waals surface area contributed by atoms with E-state index in [0.29, 0.717) is 0 Å². The fourth-order valence-corrected chi connectivity index (χ4v) is 8.77. The van der Waals surface area contributed by atoms with Crippen molar-refractivity contribution in [2.75, 3.05) is 6.54 Å². The summed E-state index contributed by atoms with van der Waals surface area (Å²) in [6.45, 7) is -0.882.